The Hall–Kier alpha value is -5.96. The lowest BCUT2D eigenvalue weighted by atomic mass is 9.89. The van der Waals surface area contributed by atoms with E-state index in [0.717, 1.165) is 17.0 Å². The molecule has 0 saturated carbocycles. The number of aromatic nitrogens is 1. The van der Waals surface area contributed by atoms with Crippen LogP contribution in [0.3, 0.4) is 0 Å². The SMILES string of the molecule is CC[C@H](C)[C@@H]([C@@H](CC(=O)N1CCC[C@H]1[C@H](OC)[C@@H](C)C(=O)N[C@@H](Cc1ccccc1)c1nccs1)OC)N(C)C(=O)[C@@H](NC(=O)C(C)(C)NC(=O)OCc1ccc(NC(=O)[C@@H](N)CC(=O)O)cc1)C(C)C. The van der Waals surface area contributed by atoms with Crippen molar-refractivity contribution in [2.75, 3.05) is 33.1 Å². The van der Waals surface area contributed by atoms with Gasteiger partial charge in [-0.05, 0) is 68.2 Å². The number of nitrogens with zero attached hydrogens (tertiary/aromatic N) is 3. The first-order chi connectivity index (χ1) is 33.6. The van der Waals surface area contributed by atoms with Gasteiger partial charge in [-0.3, -0.25) is 28.8 Å². The van der Waals surface area contributed by atoms with Crippen molar-refractivity contribution >= 4 is 58.6 Å². The van der Waals surface area contributed by atoms with Gasteiger partial charge in [0.25, 0.3) is 0 Å². The van der Waals surface area contributed by atoms with Gasteiger partial charge < -0.3 is 56.1 Å². The average Bonchev–Trinajstić information content (AvgIpc) is 4.06. The van der Waals surface area contributed by atoms with Crippen LogP contribution in [0, 0.1) is 17.8 Å². The molecule has 7 N–H and O–H groups in total. The minimum Gasteiger partial charge on any atom is -0.481 e. The predicted octanol–water partition coefficient (Wildman–Crippen LogP) is 5.05. The summed E-state index contributed by atoms with van der Waals surface area (Å²) in [6.45, 7) is 12.6. The number of thiazole rings is 1. The highest BCUT2D eigenvalue weighted by Gasteiger charge is 2.44. The maximum absolute atomic E-state index is 14.5. The number of carbonyl (C=O) groups excluding carboxylic acids is 6. The lowest BCUT2D eigenvalue weighted by Crippen LogP contribution is -2.62. The van der Waals surface area contributed by atoms with Crippen molar-refractivity contribution in [3.8, 4) is 0 Å². The summed E-state index contributed by atoms with van der Waals surface area (Å²) in [5, 5.41) is 22.7. The standard InChI is InChI=1S/C51H74N8O11S/c1-11-31(4)43(39(68-9)28-40(60)59-24-15-18-38(59)44(69-10)32(5)45(63)55-37(47-53-23-25-71-47)26-33-16-13-12-14-17-33)58(8)48(65)42(30(2)3)56-49(66)51(6,7)57-50(67)70-29-34-19-21-35(22-20-34)54-46(64)36(52)27-41(61)62/h12-14,16-17,19-23,25,30-32,36-39,42-44H,11,15,18,24,26-29,52H2,1-10H3,(H,54,64)(H,55,63)(H,56,66)(H,57,67)(H,61,62)/t31-,32+,36-,37-,38-,39+,42-,43-,44+/m0/s1. The number of nitrogens with one attached hydrogen (secondary N) is 4. The van der Waals surface area contributed by atoms with Gasteiger partial charge in [-0.2, -0.15) is 0 Å². The maximum Gasteiger partial charge on any atom is 0.408 e. The van der Waals surface area contributed by atoms with Gasteiger partial charge in [-0.25, -0.2) is 9.78 Å². The third-order valence-electron chi connectivity index (χ3n) is 13.1. The Morgan fingerprint density at radius 2 is 1.61 bits per heavy atom. The molecule has 2 aromatic carbocycles. The molecule has 1 aliphatic heterocycles. The quantitative estimate of drug-likeness (QED) is 0.0616. The van der Waals surface area contributed by atoms with Gasteiger partial charge in [0, 0.05) is 45.1 Å². The molecule has 3 aromatic rings. The Balaban J connectivity index is 1.39. The number of carbonyl (C=O) groups is 7. The first kappa shape index (κ1) is 57.6. The molecule has 6 amide bonds. The van der Waals surface area contributed by atoms with Crippen LogP contribution in [0.15, 0.2) is 66.2 Å². The number of nitrogens with two attached hydrogens (primary N) is 1. The van der Waals surface area contributed by atoms with E-state index in [2.05, 4.69) is 26.3 Å². The van der Waals surface area contributed by atoms with Crippen molar-refractivity contribution in [1.29, 1.82) is 0 Å². The number of hydrogen-bond acceptors (Lipinski definition) is 13. The summed E-state index contributed by atoms with van der Waals surface area (Å²) >= 11 is 1.48. The van der Waals surface area contributed by atoms with Crippen molar-refractivity contribution in [3.63, 3.8) is 0 Å². The highest BCUT2D eigenvalue weighted by molar-refractivity contribution is 7.09. The molecular weight excluding hydrogens is 933 g/mol. The molecule has 1 saturated heterocycles. The number of aliphatic carboxylic acids is 1. The number of benzene rings is 2. The van der Waals surface area contributed by atoms with E-state index in [1.54, 1.807) is 56.1 Å². The fourth-order valence-corrected chi connectivity index (χ4v) is 9.51. The number of methoxy groups -OCH3 is 2. The maximum atomic E-state index is 14.5. The summed E-state index contributed by atoms with van der Waals surface area (Å²) in [6.07, 6.45) is 1.45. The molecule has 0 aliphatic carbocycles. The zero-order valence-corrected chi connectivity index (χ0v) is 43.5. The van der Waals surface area contributed by atoms with E-state index in [9.17, 15) is 33.6 Å². The molecule has 0 unspecified atom stereocenters. The van der Waals surface area contributed by atoms with Crippen LogP contribution in [-0.2, 0) is 56.0 Å². The highest BCUT2D eigenvalue weighted by Crippen LogP contribution is 2.31. The van der Waals surface area contributed by atoms with Crippen LogP contribution in [0.2, 0.25) is 0 Å². The van der Waals surface area contributed by atoms with E-state index in [4.69, 9.17) is 25.1 Å². The molecule has 2 heterocycles. The number of carboxylic acid groups (broad SMARTS) is 1. The number of rotatable bonds is 26. The highest BCUT2D eigenvalue weighted by atomic mass is 32.1. The zero-order chi connectivity index (χ0) is 52.6. The number of ether oxygens (including phenoxy) is 3. The van der Waals surface area contributed by atoms with Gasteiger partial charge in [0.1, 0.15) is 23.2 Å². The summed E-state index contributed by atoms with van der Waals surface area (Å²) in [4.78, 5) is 101. The van der Waals surface area contributed by atoms with Gasteiger partial charge in [0.2, 0.25) is 29.5 Å². The largest absolute Gasteiger partial charge is 0.481 e. The van der Waals surface area contributed by atoms with Gasteiger partial charge in [-0.1, -0.05) is 83.5 Å². The van der Waals surface area contributed by atoms with Gasteiger partial charge in [0.05, 0.1) is 55.1 Å². The number of hydrogen-bond donors (Lipinski definition) is 6. The summed E-state index contributed by atoms with van der Waals surface area (Å²) in [5.41, 5.74) is 6.06. The monoisotopic (exact) mass is 1010 g/mol. The second-order valence-corrected chi connectivity index (χ2v) is 20.0. The van der Waals surface area contributed by atoms with E-state index in [0.29, 0.717) is 37.1 Å². The van der Waals surface area contributed by atoms with E-state index >= 15 is 0 Å². The van der Waals surface area contributed by atoms with Crippen molar-refractivity contribution in [2.45, 2.75) is 142 Å². The van der Waals surface area contributed by atoms with Crippen LogP contribution in [0.5, 0.6) is 0 Å². The number of likely N-dealkylation sites (tertiary alicyclic amines) is 1. The summed E-state index contributed by atoms with van der Waals surface area (Å²) < 4.78 is 17.5. The van der Waals surface area contributed by atoms with E-state index < -0.39 is 78.0 Å². The van der Waals surface area contributed by atoms with Crippen molar-refractivity contribution in [2.24, 2.45) is 23.5 Å². The van der Waals surface area contributed by atoms with Crippen LogP contribution < -0.4 is 27.0 Å². The fraction of sp³-hybridized carbons (Fsp3) is 0.569. The summed E-state index contributed by atoms with van der Waals surface area (Å²) in [5.74, 6) is -4.46. The molecule has 4 rings (SSSR count). The molecule has 1 aromatic heterocycles. The minimum atomic E-state index is -1.53. The fourth-order valence-electron chi connectivity index (χ4n) is 8.82. The normalized spacial score (nSPS) is 17.1. The molecule has 0 bridgehead atoms. The lowest BCUT2D eigenvalue weighted by Gasteiger charge is -2.41. The molecule has 1 fully saturated rings. The molecule has 390 valence electrons. The number of likely N-dealkylation sites (N-methyl/N-ethyl adjacent to an activating group) is 1. The second kappa shape index (κ2) is 27.0. The van der Waals surface area contributed by atoms with Crippen LogP contribution in [0.1, 0.15) is 103 Å². The second-order valence-electron chi connectivity index (χ2n) is 19.1. The van der Waals surface area contributed by atoms with E-state index in [1.807, 2.05) is 56.5 Å². The first-order valence-electron chi connectivity index (χ1n) is 24.1. The number of alkyl carbamates (subject to hydrolysis) is 1. The molecule has 71 heavy (non-hydrogen) atoms. The molecule has 9 atom stereocenters. The van der Waals surface area contributed by atoms with Gasteiger partial charge in [-0.15, -0.1) is 11.3 Å². The molecule has 0 radical (unpaired) electrons. The smallest absolute Gasteiger partial charge is 0.408 e. The minimum absolute atomic E-state index is 0.0540. The number of amides is 6. The Morgan fingerprint density at radius 1 is 0.930 bits per heavy atom. The predicted molar refractivity (Wildman–Crippen MR) is 269 cm³/mol. The summed E-state index contributed by atoms with van der Waals surface area (Å²) in [6, 6.07) is 12.6. The molecule has 20 heteroatoms. The van der Waals surface area contributed by atoms with E-state index in [-0.39, 0.29) is 48.8 Å². The Labute approximate surface area is 421 Å². The van der Waals surface area contributed by atoms with Gasteiger partial charge in [0.15, 0.2) is 0 Å². The van der Waals surface area contributed by atoms with Gasteiger partial charge >= 0.3 is 12.1 Å². The van der Waals surface area contributed by atoms with Crippen molar-refractivity contribution < 1.29 is 52.9 Å². The molecule has 19 nitrogen and oxygen atoms in total. The van der Waals surface area contributed by atoms with Crippen LogP contribution in [0.25, 0.3) is 0 Å². The van der Waals surface area contributed by atoms with Crippen molar-refractivity contribution in [3.05, 3.63) is 82.3 Å². The lowest BCUT2D eigenvalue weighted by molar-refractivity contribution is -0.148. The van der Waals surface area contributed by atoms with Crippen molar-refractivity contribution in [1.82, 2.24) is 30.7 Å². The molecule has 1 aliphatic rings. The van der Waals surface area contributed by atoms with Crippen LogP contribution in [0.4, 0.5) is 10.5 Å². The molecule has 0 spiro atoms. The van der Waals surface area contributed by atoms with E-state index in [1.165, 1.54) is 44.4 Å². The number of anilines is 1. The van der Waals surface area contributed by atoms with Crippen LogP contribution >= 0.6 is 11.3 Å². The molecular formula is C51H74N8O11S. The Bertz CT molecular complexity index is 2230. The Morgan fingerprint density at radius 3 is 2.18 bits per heavy atom. The third kappa shape index (κ3) is 16.3. The number of carboxylic acids is 1. The summed E-state index contributed by atoms with van der Waals surface area (Å²) in [7, 11) is 4.71. The zero-order valence-electron chi connectivity index (χ0n) is 42.6. The average molecular weight is 1010 g/mol. The topological polar surface area (TPSA) is 261 Å². The van der Waals surface area contributed by atoms with Crippen LogP contribution in [-0.4, -0.2) is 131 Å². The first-order valence-corrected chi connectivity index (χ1v) is 25.0. The third-order valence-corrected chi connectivity index (χ3v) is 14.0. The Kier molecular flexibility index (Phi) is 21.9.